The van der Waals surface area contributed by atoms with Gasteiger partial charge in [0.25, 0.3) is 0 Å². The van der Waals surface area contributed by atoms with Crippen molar-refractivity contribution < 1.29 is 9.36 Å². The molecule has 0 spiro atoms. The molecule has 1 heterocycles. The highest BCUT2D eigenvalue weighted by Crippen LogP contribution is 2.16. The molecule has 0 saturated carbocycles. The summed E-state index contributed by atoms with van der Waals surface area (Å²) in [5.41, 5.74) is 8.31. The van der Waals surface area contributed by atoms with Gasteiger partial charge in [-0.15, -0.1) is 0 Å². The second-order valence-corrected chi connectivity index (χ2v) is 4.48. The Hall–Kier alpha value is -1.84. The van der Waals surface area contributed by atoms with E-state index in [0.717, 1.165) is 24.0 Å². The van der Waals surface area contributed by atoms with Crippen molar-refractivity contribution in [3.8, 4) is 0 Å². The standard InChI is InChI=1S/C14H19N3O/c1-3-9-16-12-7-5-6-8-13(12)17(14(16)15)10-11(18)4-2/h5-8,15H,3-4,9-10H2,1-2H3/p+1. The Morgan fingerprint density at radius 1 is 1.33 bits per heavy atom. The third-order valence-electron chi connectivity index (χ3n) is 3.19. The van der Waals surface area contributed by atoms with Crippen LogP contribution >= 0.6 is 0 Å². The lowest BCUT2D eigenvalue weighted by Crippen LogP contribution is -2.40. The maximum absolute atomic E-state index is 11.7. The van der Waals surface area contributed by atoms with E-state index in [0.29, 0.717) is 18.9 Å². The first-order valence-corrected chi connectivity index (χ1v) is 6.47. The average Bonchev–Trinajstić information content (AvgIpc) is 2.65. The Morgan fingerprint density at radius 3 is 2.72 bits per heavy atom. The molecule has 0 bridgehead atoms. The summed E-state index contributed by atoms with van der Waals surface area (Å²) in [4.78, 5) is 11.7. The number of carbonyl (C=O) groups is 1. The Balaban J connectivity index is 2.57. The van der Waals surface area contributed by atoms with E-state index in [4.69, 9.17) is 5.73 Å². The number of hydrogen-bond donors (Lipinski definition) is 1. The largest absolute Gasteiger partial charge is 0.356 e. The summed E-state index contributed by atoms with van der Waals surface area (Å²) in [5, 5.41) is 0. The van der Waals surface area contributed by atoms with Crippen molar-refractivity contribution in [2.24, 2.45) is 0 Å². The quantitative estimate of drug-likeness (QED) is 0.819. The molecule has 2 rings (SSSR count). The topological polar surface area (TPSA) is 51.9 Å². The lowest BCUT2D eigenvalue weighted by molar-refractivity contribution is -0.644. The minimum atomic E-state index is 0.200. The first-order valence-electron chi connectivity index (χ1n) is 6.47. The summed E-state index contributed by atoms with van der Waals surface area (Å²) in [5.74, 6) is 0.867. The van der Waals surface area contributed by atoms with Crippen molar-refractivity contribution >= 4 is 22.8 Å². The predicted octanol–water partition coefficient (Wildman–Crippen LogP) is 1.90. The molecule has 0 saturated heterocycles. The number of imidazole rings is 1. The molecule has 0 unspecified atom stereocenters. The third-order valence-corrected chi connectivity index (χ3v) is 3.19. The number of rotatable bonds is 5. The number of para-hydroxylation sites is 2. The molecule has 0 amide bonds. The number of hydrogen-bond acceptors (Lipinski definition) is 2. The van der Waals surface area contributed by atoms with Crippen LogP contribution in [0.25, 0.3) is 11.0 Å². The molecule has 2 N–H and O–H groups in total. The van der Waals surface area contributed by atoms with Gasteiger partial charge in [0.15, 0.2) is 5.78 Å². The summed E-state index contributed by atoms with van der Waals surface area (Å²) < 4.78 is 4.00. The number of Topliss-reactive ketones (excluding diaryl/α,β-unsaturated/α-hetero) is 1. The molecule has 2 aromatic rings. The van der Waals surface area contributed by atoms with Crippen molar-refractivity contribution in [1.82, 2.24) is 4.57 Å². The van der Waals surface area contributed by atoms with Crippen LogP contribution in [0.2, 0.25) is 0 Å². The van der Waals surface area contributed by atoms with E-state index in [9.17, 15) is 4.79 Å². The van der Waals surface area contributed by atoms with E-state index in [1.165, 1.54) is 0 Å². The zero-order valence-electron chi connectivity index (χ0n) is 11.0. The summed E-state index contributed by atoms with van der Waals surface area (Å²) >= 11 is 0. The van der Waals surface area contributed by atoms with Gasteiger partial charge in [-0.25, -0.2) is 9.13 Å². The first kappa shape index (κ1) is 12.6. The van der Waals surface area contributed by atoms with E-state index < -0.39 is 0 Å². The maximum Gasteiger partial charge on any atom is 0.356 e. The Bertz CT molecular complexity index is 572. The van der Waals surface area contributed by atoms with Gasteiger partial charge in [0.1, 0.15) is 17.6 Å². The number of aryl methyl sites for hydroxylation is 1. The van der Waals surface area contributed by atoms with Crippen LogP contribution in [-0.2, 0) is 17.9 Å². The van der Waals surface area contributed by atoms with Gasteiger partial charge in [-0.1, -0.05) is 26.0 Å². The number of nitrogen functional groups attached to an aromatic ring is 1. The Morgan fingerprint density at radius 2 is 2.06 bits per heavy atom. The molecule has 0 atom stereocenters. The van der Waals surface area contributed by atoms with Gasteiger partial charge in [0, 0.05) is 6.42 Å². The molecule has 4 heteroatoms. The summed E-state index contributed by atoms with van der Waals surface area (Å²) in [6, 6.07) is 8.04. The second-order valence-electron chi connectivity index (χ2n) is 4.48. The van der Waals surface area contributed by atoms with Crippen LogP contribution in [0.1, 0.15) is 26.7 Å². The SMILES string of the molecule is CCCn1c(N)[n+](CC(=O)CC)c2ccccc21. The molecule has 0 fully saturated rings. The summed E-state index contributed by atoms with van der Waals surface area (Å²) in [6.45, 7) is 5.24. The normalized spacial score (nSPS) is 11.0. The zero-order valence-corrected chi connectivity index (χ0v) is 11.0. The lowest BCUT2D eigenvalue weighted by atomic mass is 10.3. The summed E-state index contributed by atoms with van der Waals surface area (Å²) in [7, 11) is 0. The Kier molecular flexibility index (Phi) is 3.65. The van der Waals surface area contributed by atoms with Gasteiger partial charge in [-0.3, -0.25) is 10.5 Å². The number of fused-ring (bicyclic) bond motifs is 1. The van der Waals surface area contributed by atoms with Gasteiger partial charge in [-0.05, 0) is 18.6 Å². The minimum absolute atomic E-state index is 0.200. The number of aromatic nitrogens is 2. The van der Waals surface area contributed by atoms with Crippen molar-refractivity contribution in [3.63, 3.8) is 0 Å². The molecule has 1 aromatic carbocycles. The van der Waals surface area contributed by atoms with Crippen LogP contribution in [0.4, 0.5) is 5.95 Å². The smallest absolute Gasteiger partial charge is 0.296 e. The van der Waals surface area contributed by atoms with E-state index in [-0.39, 0.29) is 5.78 Å². The molecule has 0 aliphatic carbocycles. The molecule has 4 nitrogen and oxygen atoms in total. The van der Waals surface area contributed by atoms with Gasteiger partial charge < -0.3 is 0 Å². The molecular weight excluding hydrogens is 226 g/mol. The average molecular weight is 246 g/mol. The van der Waals surface area contributed by atoms with Crippen LogP contribution < -0.4 is 10.3 Å². The van der Waals surface area contributed by atoms with Crippen LogP contribution in [0.3, 0.4) is 0 Å². The molecule has 0 aliphatic heterocycles. The van der Waals surface area contributed by atoms with Crippen LogP contribution in [0, 0.1) is 0 Å². The number of nitrogens with zero attached hydrogens (tertiary/aromatic N) is 2. The Labute approximate surface area is 107 Å². The molecule has 0 radical (unpaired) electrons. The van der Waals surface area contributed by atoms with Crippen molar-refractivity contribution in [2.75, 3.05) is 5.73 Å². The number of anilines is 1. The van der Waals surface area contributed by atoms with E-state index in [2.05, 4.69) is 11.5 Å². The molecule has 0 aliphatic rings. The fourth-order valence-electron chi connectivity index (χ4n) is 2.23. The highest BCUT2D eigenvalue weighted by molar-refractivity contribution is 5.78. The number of carbonyl (C=O) groups excluding carboxylic acids is 1. The lowest BCUT2D eigenvalue weighted by Gasteiger charge is -1.99. The monoisotopic (exact) mass is 246 g/mol. The number of nitrogens with two attached hydrogens (primary N) is 1. The maximum atomic E-state index is 11.7. The highest BCUT2D eigenvalue weighted by atomic mass is 16.1. The molecule has 96 valence electrons. The molecule has 1 aromatic heterocycles. The fourth-order valence-corrected chi connectivity index (χ4v) is 2.23. The number of benzene rings is 1. The minimum Gasteiger partial charge on any atom is -0.296 e. The second kappa shape index (κ2) is 5.21. The fraction of sp³-hybridized carbons (Fsp3) is 0.429. The van der Waals surface area contributed by atoms with E-state index in [1.54, 1.807) is 0 Å². The first-order chi connectivity index (χ1) is 8.69. The van der Waals surface area contributed by atoms with Gasteiger partial charge >= 0.3 is 5.95 Å². The van der Waals surface area contributed by atoms with E-state index >= 15 is 0 Å². The highest BCUT2D eigenvalue weighted by Gasteiger charge is 2.21. The zero-order chi connectivity index (χ0) is 13.1. The van der Waals surface area contributed by atoms with E-state index in [1.807, 2.05) is 35.8 Å². The van der Waals surface area contributed by atoms with Crippen molar-refractivity contribution in [2.45, 2.75) is 39.8 Å². The van der Waals surface area contributed by atoms with Gasteiger partial charge in [-0.2, -0.15) is 0 Å². The van der Waals surface area contributed by atoms with Crippen LogP contribution in [0.15, 0.2) is 24.3 Å². The molecular formula is C14H20N3O+. The third kappa shape index (κ3) is 2.10. The van der Waals surface area contributed by atoms with Crippen LogP contribution in [-0.4, -0.2) is 10.4 Å². The predicted molar refractivity (Wildman–Crippen MR) is 72.1 cm³/mol. The van der Waals surface area contributed by atoms with Crippen molar-refractivity contribution in [3.05, 3.63) is 24.3 Å². The number of ketones is 1. The van der Waals surface area contributed by atoms with Crippen LogP contribution in [0.5, 0.6) is 0 Å². The van der Waals surface area contributed by atoms with Gasteiger partial charge in [0.2, 0.25) is 0 Å². The van der Waals surface area contributed by atoms with Crippen molar-refractivity contribution in [1.29, 1.82) is 0 Å². The van der Waals surface area contributed by atoms with Gasteiger partial charge in [0.05, 0.1) is 6.54 Å². The summed E-state index contributed by atoms with van der Waals surface area (Å²) in [6.07, 6.45) is 1.56. The molecule has 18 heavy (non-hydrogen) atoms.